The molecular weight excluding hydrogens is 178 g/mol. The standard InChI is InChI=1S/C11H15NO2/c1-9(8-13)6-12-7-10-2-4-11(14)5-3-10/h2-5,8-9,12,14H,6-7H2,1H3/t9-/m0/s1. The third-order valence-electron chi connectivity index (χ3n) is 1.96. The highest BCUT2D eigenvalue weighted by atomic mass is 16.3. The molecule has 1 rings (SSSR count). The highest BCUT2D eigenvalue weighted by Crippen LogP contribution is 2.09. The molecule has 0 aliphatic heterocycles. The number of aldehydes is 1. The van der Waals surface area contributed by atoms with Gasteiger partial charge in [0.15, 0.2) is 0 Å². The van der Waals surface area contributed by atoms with E-state index in [9.17, 15) is 4.79 Å². The molecule has 0 aliphatic carbocycles. The topological polar surface area (TPSA) is 49.3 Å². The van der Waals surface area contributed by atoms with E-state index >= 15 is 0 Å². The normalized spacial score (nSPS) is 12.4. The molecular formula is C11H15NO2. The maximum absolute atomic E-state index is 10.3. The van der Waals surface area contributed by atoms with Gasteiger partial charge in [0, 0.05) is 19.0 Å². The molecule has 0 aromatic heterocycles. The summed E-state index contributed by atoms with van der Waals surface area (Å²) in [6.45, 7) is 3.28. The summed E-state index contributed by atoms with van der Waals surface area (Å²) >= 11 is 0. The predicted molar refractivity (Wildman–Crippen MR) is 55.0 cm³/mol. The Labute approximate surface area is 83.8 Å². The first-order valence-corrected chi connectivity index (χ1v) is 4.66. The largest absolute Gasteiger partial charge is 0.508 e. The van der Waals surface area contributed by atoms with Crippen molar-refractivity contribution in [2.45, 2.75) is 13.5 Å². The van der Waals surface area contributed by atoms with Gasteiger partial charge in [-0.2, -0.15) is 0 Å². The molecule has 0 saturated carbocycles. The predicted octanol–water partition coefficient (Wildman–Crippen LogP) is 1.32. The fourth-order valence-electron chi connectivity index (χ4n) is 1.11. The number of phenols is 1. The average molecular weight is 193 g/mol. The summed E-state index contributed by atoms with van der Waals surface area (Å²) in [5.74, 6) is 0.321. The summed E-state index contributed by atoms with van der Waals surface area (Å²) in [7, 11) is 0. The first-order chi connectivity index (χ1) is 6.72. The molecule has 76 valence electrons. The average Bonchev–Trinajstić information content (AvgIpc) is 2.21. The molecule has 0 heterocycles. The number of carbonyl (C=O) groups is 1. The van der Waals surface area contributed by atoms with Crippen LogP contribution in [0.3, 0.4) is 0 Å². The summed E-state index contributed by atoms with van der Waals surface area (Å²) in [5, 5.41) is 12.2. The maximum Gasteiger partial charge on any atom is 0.124 e. The lowest BCUT2D eigenvalue weighted by Gasteiger charge is -2.06. The second kappa shape index (κ2) is 5.40. The van der Waals surface area contributed by atoms with Crippen LogP contribution in [0, 0.1) is 5.92 Å². The lowest BCUT2D eigenvalue weighted by molar-refractivity contribution is -0.110. The van der Waals surface area contributed by atoms with Crippen molar-refractivity contribution < 1.29 is 9.90 Å². The van der Waals surface area contributed by atoms with Crippen molar-refractivity contribution >= 4 is 6.29 Å². The van der Waals surface area contributed by atoms with E-state index < -0.39 is 0 Å². The molecule has 0 aliphatic rings. The van der Waals surface area contributed by atoms with Gasteiger partial charge >= 0.3 is 0 Å². The molecule has 0 saturated heterocycles. The quantitative estimate of drug-likeness (QED) is 0.693. The van der Waals surface area contributed by atoms with Gasteiger partial charge in [-0.3, -0.25) is 0 Å². The van der Waals surface area contributed by atoms with Gasteiger partial charge in [-0.15, -0.1) is 0 Å². The van der Waals surface area contributed by atoms with Gasteiger partial charge in [-0.25, -0.2) is 0 Å². The van der Waals surface area contributed by atoms with Crippen molar-refractivity contribution in [1.29, 1.82) is 0 Å². The molecule has 0 amide bonds. The third kappa shape index (κ3) is 3.58. The fraction of sp³-hybridized carbons (Fsp3) is 0.364. The van der Waals surface area contributed by atoms with E-state index in [0.29, 0.717) is 6.54 Å². The summed E-state index contributed by atoms with van der Waals surface area (Å²) < 4.78 is 0. The molecule has 3 heteroatoms. The number of aromatic hydroxyl groups is 1. The van der Waals surface area contributed by atoms with Gasteiger partial charge in [0.05, 0.1) is 0 Å². The first kappa shape index (κ1) is 10.7. The van der Waals surface area contributed by atoms with Gasteiger partial charge in [-0.1, -0.05) is 19.1 Å². The number of benzene rings is 1. The summed E-state index contributed by atoms with van der Waals surface area (Å²) in [4.78, 5) is 10.3. The maximum atomic E-state index is 10.3. The Kier molecular flexibility index (Phi) is 4.13. The SMILES string of the molecule is C[C@H](C=O)CNCc1ccc(O)cc1. The Balaban J connectivity index is 2.31. The van der Waals surface area contributed by atoms with Crippen molar-refractivity contribution in [1.82, 2.24) is 5.32 Å². The second-order valence-electron chi connectivity index (χ2n) is 3.41. The van der Waals surface area contributed by atoms with E-state index in [0.717, 1.165) is 18.4 Å². The van der Waals surface area contributed by atoms with E-state index in [1.807, 2.05) is 19.1 Å². The highest BCUT2D eigenvalue weighted by molar-refractivity contribution is 5.52. The van der Waals surface area contributed by atoms with Gasteiger partial charge in [0.1, 0.15) is 12.0 Å². The number of hydrogen-bond donors (Lipinski definition) is 2. The minimum atomic E-state index is 0.0483. The smallest absolute Gasteiger partial charge is 0.124 e. The zero-order valence-electron chi connectivity index (χ0n) is 8.23. The van der Waals surface area contributed by atoms with E-state index in [2.05, 4.69) is 5.32 Å². The van der Waals surface area contributed by atoms with Gasteiger partial charge in [0.2, 0.25) is 0 Å². The van der Waals surface area contributed by atoms with Gasteiger partial charge < -0.3 is 15.2 Å². The first-order valence-electron chi connectivity index (χ1n) is 4.66. The van der Waals surface area contributed by atoms with E-state index in [-0.39, 0.29) is 11.7 Å². The number of nitrogens with one attached hydrogen (secondary N) is 1. The van der Waals surface area contributed by atoms with Crippen molar-refractivity contribution in [3.63, 3.8) is 0 Å². The molecule has 0 spiro atoms. The fourth-order valence-corrected chi connectivity index (χ4v) is 1.11. The van der Waals surface area contributed by atoms with Crippen LogP contribution < -0.4 is 5.32 Å². The lowest BCUT2D eigenvalue weighted by atomic mass is 10.2. The zero-order chi connectivity index (χ0) is 10.4. The molecule has 0 fully saturated rings. The van der Waals surface area contributed by atoms with Crippen LogP contribution in [-0.2, 0) is 11.3 Å². The Bertz CT molecular complexity index is 282. The van der Waals surface area contributed by atoms with Gasteiger partial charge in [0.25, 0.3) is 0 Å². The van der Waals surface area contributed by atoms with Crippen LogP contribution in [0.5, 0.6) is 5.75 Å². The second-order valence-corrected chi connectivity index (χ2v) is 3.41. The van der Waals surface area contributed by atoms with E-state index in [1.165, 1.54) is 0 Å². The van der Waals surface area contributed by atoms with Crippen LogP contribution in [0.1, 0.15) is 12.5 Å². The van der Waals surface area contributed by atoms with Crippen molar-refractivity contribution in [2.75, 3.05) is 6.54 Å². The molecule has 0 unspecified atom stereocenters. The molecule has 2 N–H and O–H groups in total. The number of phenolic OH excluding ortho intramolecular Hbond substituents is 1. The Hall–Kier alpha value is -1.35. The van der Waals surface area contributed by atoms with Crippen LogP contribution in [0.2, 0.25) is 0 Å². The highest BCUT2D eigenvalue weighted by Gasteiger charge is 1.98. The molecule has 3 nitrogen and oxygen atoms in total. The van der Waals surface area contributed by atoms with E-state index in [4.69, 9.17) is 5.11 Å². The summed E-state index contributed by atoms with van der Waals surface area (Å²) in [6.07, 6.45) is 0.934. The van der Waals surface area contributed by atoms with E-state index in [1.54, 1.807) is 12.1 Å². The Morgan fingerprint density at radius 1 is 1.43 bits per heavy atom. The molecule has 0 bridgehead atoms. The van der Waals surface area contributed by atoms with Crippen LogP contribution in [0.4, 0.5) is 0 Å². The van der Waals surface area contributed by atoms with Crippen LogP contribution >= 0.6 is 0 Å². The number of rotatable bonds is 5. The molecule has 1 aromatic rings. The van der Waals surface area contributed by atoms with Gasteiger partial charge in [-0.05, 0) is 17.7 Å². The monoisotopic (exact) mass is 193 g/mol. The molecule has 1 atom stereocenters. The molecule has 14 heavy (non-hydrogen) atoms. The number of hydrogen-bond acceptors (Lipinski definition) is 3. The molecule has 1 aromatic carbocycles. The van der Waals surface area contributed by atoms with Crippen molar-refractivity contribution in [2.24, 2.45) is 5.92 Å². The lowest BCUT2D eigenvalue weighted by Crippen LogP contribution is -2.21. The van der Waals surface area contributed by atoms with Crippen LogP contribution in [0.25, 0.3) is 0 Å². The zero-order valence-corrected chi connectivity index (χ0v) is 8.23. The Morgan fingerprint density at radius 3 is 2.64 bits per heavy atom. The summed E-state index contributed by atoms with van der Waals surface area (Å²) in [6, 6.07) is 7.02. The minimum Gasteiger partial charge on any atom is -0.508 e. The minimum absolute atomic E-state index is 0.0483. The van der Waals surface area contributed by atoms with Crippen LogP contribution in [0.15, 0.2) is 24.3 Å². The summed E-state index contributed by atoms with van der Waals surface area (Å²) in [5.41, 5.74) is 1.10. The molecule has 0 radical (unpaired) electrons. The number of carbonyl (C=O) groups excluding carboxylic acids is 1. The third-order valence-corrected chi connectivity index (χ3v) is 1.96. The van der Waals surface area contributed by atoms with Crippen molar-refractivity contribution in [3.05, 3.63) is 29.8 Å². The Morgan fingerprint density at radius 2 is 2.07 bits per heavy atom. The van der Waals surface area contributed by atoms with Crippen molar-refractivity contribution in [3.8, 4) is 5.75 Å². The van der Waals surface area contributed by atoms with Crippen LogP contribution in [-0.4, -0.2) is 17.9 Å².